The Bertz CT molecular complexity index is 816. The number of benzene rings is 1. The van der Waals surface area contributed by atoms with E-state index in [1.54, 1.807) is 0 Å². The molecule has 0 atom stereocenters. The van der Waals surface area contributed by atoms with Crippen LogP contribution in [0.3, 0.4) is 0 Å². The maximum atomic E-state index is 12.9. The molecule has 10 heteroatoms. The summed E-state index contributed by atoms with van der Waals surface area (Å²) < 4.78 is 27.3. The van der Waals surface area contributed by atoms with Crippen LogP contribution < -0.4 is 5.32 Å². The molecule has 168 valence electrons. The number of aliphatic hydroxyl groups excluding tert-OH is 1. The number of rotatable bonds is 8. The molecule has 2 N–H and O–H groups in total. The normalized spacial score (nSPS) is 20.0. The van der Waals surface area contributed by atoms with Crippen molar-refractivity contribution >= 4 is 21.4 Å². The molecular formula is C20H32N4O5S. The Labute approximate surface area is 178 Å². The number of hydrogen-bond acceptors (Lipinski definition) is 7. The highest BCUT2D eigenvalue weighted by Gasteiger charge is 2.28. The number of nitro groups is 1. The molecule has 0 radical (unpaired) electrons. The van der Waals surface area contributed by atoms with Gasteiger partial charge < -0.3 is 15.3 Å². The van der Waals surface area contributed by atoms with E-state index < -0.39 is 14.9 Å². The molecule has 9 nitrogen and oxygen atoms in total. The van der Waals surface area contributed by atoms with Crippen LogP contribution in [0.25, 0.3) is 0 Å². The molecule has 2 fully saturated rings. The molecule has 3 rings (SSSR count). The molecule has 2 aliphatic rings. The minimum Gasteiger partial charge on any atom is -0.393 e. The van der Waals surface area contributed by atoms with E-state index in [1.165, 1.54) is 22.5 Å². The van der Waals surface area contributed by atoms with E-state index in [1.807, 2.05) is 0 Å². The summed E-state index contributed by atoms with van der Waals surface area (Å²) in [6, 6.07) is 4.14. The summed E-state index contributed by atoms with van der Waals surface area (Å²) in [7, 11) is -3.73. The van der Waals surface area contributed by atoms with E-state index in [0.29, 0.717) is 25.3 Å². The monoisotopic (exact) mass is 440 g/mol. The van der Waals surface area contributed by atoms with Gasteiger partial charge in [0.2, 0.25) is 10.0 Å². The van der Waals surface area contributed by atoms with Gasteiger partial charge in [0.15, 0.2) is 0 Å². The van der Waals surface area contributed by atoms with Crippen LogP contribution in [0.5, 0.6) is 0 Å². The highest BCUT2D eigenvalue weighted by Crippen LogP contribution is 2.30. The van der Waals surface area contributed by atoms with Gasteiger partial charge in [0.05, 0.1) is 15.9 Å². The van der Waals surface area contributed by atoms with Gasteiger partial charge in [-0.05, 0) is 50.8 Å². The third-order valence-electron chi connectivity index (χ3n) is 5.89. The van der Waals surface area contributed by atoms with Crippen molar-refractivity contribution in [2.75, 3.05) is 44.6 Å². The lowest BCUT2D eigenvalue weighted by Gasteiger charge is -2.29. The van der Waals surface area contributed by atoms with Crippen LogP contribution in [0.4, 0.5) is 11.4 Å². The summed E-state index contributed by atoms with van der Waals surface area (Å²) in [4.78, 5) is 13.3. The summed E-state index contributed by atoms with van der Waals surface area (Å²) in [5.41, 5.74) is 0.121. The molecule has 1 aromatic carbocycles. The zero-order chi connectivity index (χ0) is 21.6. The third kappa shape index (κ3) is 5.90. The molecule has 30 heavy (non-hydrogen) atoms. The molecule has 0 unspecified atom stereocenters. The molecule has 1 aromatic rings. The average Bonchev–Trinajstić information content (AvgIpc) is 3.02. The van der Waals surface area contributed by atoms with Crippen molar-refractivity contribution in [2.24, 2.45) is 0 Å². The van der Waals surface area contributed by atoms with Crippen LogP contribution >= 0.6 is 0 Å². The van der Waals surface area contributed by atoms with Crippen molar-refractivity contribution in [3.63, 3.8) is 0 Å². The molecule has 2 saturated heterocycles. The zero-order valence-electron chi connectivity index (χ0n) is 17.3. The number of likely N-dealkylation sites (tertiary alicyclic amines) is 1. The minimum atomic E-state index is -3.73. The van der Waals surface area contributed by atoms with Gasteiger partial charge >= 0.3 is 0 Å². The Morgan fingerprint density at radius 3 is 2.40 bits per heavy atom. The SMILES string of the molecule is O=[N+]([O-])c1cc(S(=O)(=O)N2CCCCCC2)ccc1NCCCN1CCC(O)CC1. The number of hydrogen-bond donors (Lipinski definition) is 2. The first kappa shape index (κ1) is 22.9. The largest absolute Gasteiger partial charge is 0.393 e. The third-order valence-corrected chi connectivity index (χ3v) is 7.79. The molecule has 0 bridgehead atoms. The number of piperidine rings is 1. The molecule has 2 heterocycles. The van der Waals surface area contributed by atoms with Crippen molar-refractivity contribution in [3.8, 4) is 0 Å². The van der Waals surface area contributed by atoms with Gasteiger partial charge in [0.25, 0.3) is 5.69 Å². The predicted octanol–water partition coefficient (Wildman–Crippen LogP) is 2.42. The van der Waals surface area contributed by atoms with Crippen LogP contribution in [0.2, 0.25) is 0 Å². The zero-order valence-corrected chi connectivity index (χ0v) is 18.1. The topological polar surface area (TPSA) is 116 Å². The highest BCUT2D eigenvalue weighted by atomic mass is 32.2. The molecule has 0 saturated carbocycles. The molecule has 0 spiro atoms. The number of aliphatic hydroxyl groups is 1. The van der Waals surface area contributed by atoms with Crippen molar-refractivity contribution in [1.82, 2.24) is 9.21 Å². The van der Waals surface area contributed by atoms with Crippen molar-refractivity contribution in [2.45, 2.75) is 55.9 Å². The van der Waals surface area contributed by atoms with Gasteiger partial charge in [-0.3, -0.25) is 10.1 Å². The van der Waals surface area contributed by atoms with Gasteiger partial charge in [0, 0.05) is 38.8 Å². The number of nitro benzene ring substituents is 1. The van der Waals surface area contributed by atoms with Gasteiger partial charge in [-0.1, -0.05) is 12.8 Å². The smallest absolute Gasteiger partial charge is 0.293 e. The van der Waals surface area contributed by atoms with Gasteiger partial charge in [-0.2, -0.15) is 4.31 Å². The van der Waals surface area contributed by atoms with Crippen molar-refractivity contribution in [1.29, 1.82) is 0 Å². The lowest BCUT2D eigenvalue weighted by Crippen LogP contribution is -2.36. The minimum absolute atomic E-state index is 0.0199. The Hall–Kier alpha value is -1.75. The average molecular weight is 441 g/mol. The number of nitrogens with one attached hydrogen (secondary N) is 1. The Balaban J connectivity index is 1.62. The number of sulfonamides is 1. The standard InChI is InChI=1S/C20H32N4O5S/c25-17-8-14-22(15-9-17)11-5-10-21-19-7-6-18(16-20(19)24(26)27)30(28,29)23-12-3-1-2-4-13-23/h6-7,16-17,21,25H,1-5,8-15H2. The van der Waals surface area contributed by atoms with Gasteiger partial charge in [0.1, 0.15) is 5.69 Å². The molecular weight excluding hydrogens is 408 g/mol. The summed E-state index contributed by atoms with van der Waals surface area (Å²) >= 11 is 0. The quantitative estimate of drug-likeness (QED) is 0.362. The second-order valence-corrected chi connectivity index (χ2v) is 10.0. The Kier molecular flexibility index (Phi) is 8.04. The molecule has 2 aliphatic heterocycles. The van der Waals surface area contributed by atoms with E-state index >= 15 is 0 Å². The maximum Gasteiger partial charge on any atom is 0.293 e. The van der Waals surface area contributed by atoms with Crippen LogP contribution in [0.15, 0.2) is 23.1 Å². The van der Waals surface area contributed by atoms with Crippen LogP contribution in [0, 0.1) is 10.1 Å². The maximum absolute atomic E-state index is 12.9. The van der Waals surface area contributed by atoms with E-state index in [2.05, 4.69) is 10.2 Å². The summed E-state index contributed by atoms with van der Waals surface area (Å²) in [5.74, 6) is 0. The molecule has 0 aliphatic carbocycles. The van der Waals surface area contributed by atoms with E-state index in [9.17, 15) is 23.6 Å². The Morgan fingerprint density at radius 1 is 1.10 bits per heavy atom. The van der Waals surface area contributed by atoms with E-state index in [4.69, 9.17) is 0 Å². The lowest BCUT2D eigenvalue weighted by atomic mass is 10.1. The second kappa shape index (κ2) is 10.5. The summed E-state index contributed by atoms with van der Waals surface area (Å²) in [6.07, 6.45) is 5.82. The van der Waals surface area contributed by atoms with Crippen LogP contribution in [-0.2, 0) is 10.0 Å². The van der Waals surface area contributed by atoms with Gasteiger partial charge in [-0.15, -0.1) is 0 Å². The number of anilines is 1. The van der Waals surface area contributed by atoms with Gasteiger partial charge in [-0.25, -0.2) is 8.42 Å². The lowest BCUT2D eigenvalue weighted by molar-refractivity contribution is -0.384. The second-order valence-electron chi connectivity index (χ2n) is 8.11. The van der Waals surface area contributed by atoms with Crippen LogP contribution in [0.1, 0.15) is 44.9 Å². The number of nitrogens with zero attached hydrogens (tertiary/aromatic N) is 3. The van der Waals surface area contributed by atoms with Crippen LogP contribution in [-0.4, -0.2) is 73.0 Å². The first-order chi connectivity index (χ1) is 14.4. The molecule has 0 amide bonds. The Morgan fingerprint density at radius 2 is 1.77 bits per heavy atom. The fourth-order valence-electron chi connectivity index (χ4n) is 4.07. The van der Waals surface area contributed by atoms with Crippen molar-refractivity contribution < 1.29 is 18.4 Å². The predicted molar refractivity (Wildman–Crippen MR) is 115 cm³/mol. The highest BCUT2D eigenvalue weighted by molar-refractivity contribution is 7.89. The first-order valence-corrected chi connectivity index (χ1v) is 12.2. The summed E-state index contributed by atoms with van der Waals surface area (Å²) in [6.45, 7) is 4.06. The van der Waals surface area contributed by atoms with E-state index in [-0.39, 0.29) is 16.7 Å². The van der Waals surface area contributed by atoms with E-state index in [0.717, 1.165) is 64.6 Å². The first-order valence-electron chi connectivity index (χ1n) is 10.8. The summed E-state index contributed by atoms with van der Waals surface area (Å²) in [5, 5.41) is 24.2. The molecule has 0 aromatic heterocycles. The fraction of sp³-hybridized carbons (Fsp3) is 0.700. The van der Waals surface area contributed by atoms with Crippen molar-refractivity contribution in [3.05, 3.63) is 28.3 Å². The fourth-order valence-corrected chi connectivity index (χ4v) is 5.61.